The first-order valence-corrected chi connectivity index (χ1v) is 6.51. The largest absolute Gasteiger partial charge is 0.384 e. The molecule has 1 heterocycles. The molecular weight excluding hydrogens is 229 g/mol. The number of likely N-dealkylation sites (tertiary alicyclic amines) is 1. The summed E-state index contributed by atoms with van der Waals surface area (Å²) in [6.45, 7) is 1.74. The number of piperidine rings is 1. The topological polar surface area (TPSA) is 53.1 Å². The summed E-state index contributed by atoms with van der Waals surface area (Å²) in [5.41, 5.74) is 6.26. The van der Waals surface area contributed by atoms with Crippen LogP contribution < -0.4 is 5.73 Å². The highest BCUT2D eigenvalue weighted by atomic mass is 19.1. The van der Waals surface area contributed by atoms with E-state index in [2.05, 4.69) is 4.90 Å². The number of fused-ring (bicyclic) bond motifs is 2. The van der Waals surface area contributed by atoms with E-state index in [1.165, 1.54) is 19.3 Å². The number of halogens is 1. The molecule has 1 aromatic rings. The summed E-state index contributed by atoms with van der Waals surface area (Å²) < 4.78 is 14.2. The van der Waals surface area contributed by atoms with Crippen LogP contribution in [0.1, 0.15) is 30.4 Å². The number of nitrogens with one attached hydrogen (secondary N) is 1. The Morgan fingerprint density at radius 1 is 1.44 bits per heavy atom. The number of nitrogens with zero attached hydrogens (tertiary/aromatic N) is 1. The zero-order valence-corrected chi connectivity index (χ0v) is 10.3. The highest BCUT2D eigenvalue weighted by Gasteiger charge is 2.37. The molecule has 18 heavy (non-hydrogen) atoms. The fourth-order valence-corrected chi connectivity index (χ4v) is 3.35. The molecule has 1 saturated heterocycles. The zero-order chi connectivity index (χ0) is 12.7. The second kappa shape index (κ2) is 4.35. The van der Waals surface area contributed by atoms with Crippen molar-refractivity contribution in [3.8, 4) is 0 Å². The summed E-state index contributed by atoms with van der Waals surface area (Å²) in [4.78, 5) is 2.37. The molecule has 0 radical (unpaired) electrons. The van der Waals surface area contributed by atoms with Gasteiger partial charge in [-0.25, -0.2) is 4.39 Å². The lowest BCUT2D eigenvalue weighted by Gasteiger charge is -2.27. The molecule has 1 aliphatic heterocycles. The van der Waals surface area contributed by atoms with Gasteiger partial charge in [0.2, 0.25) is 0 Å². The minimum absolute atomic E-state index is 0.197. The molecule has 2 fully saturated rings. The van der Waals surface area contributed by atoms with Crippen molar-refractivity contribution in [3.05, 3.63) is 35.1 Å². The molecular formula is C14H18FN3. The summed E-state index contributed by atoms with van der Waals surface area (Å²) in [5, 5.41) is 7.36. The standard InChI is InChI=1S/C14H18FN3/c15-13-10(2-1-3-12(13)14(16)17)8-18-7-9-4-5-11(18)6-9/h1-3,9,11H,4-8H2,(H3,16,17). The average molecular weight is 247 g/mol. The lowest BCUT2D eigenvalue weighted by Crippen LogP contribution is -2.32. The molecule has 2 unspecified atom stereocenters. The van der Waals surface area contributed by atoms with Gasteiger partial charge in [-0.1, -0.05) is 12.1 Å². The van der Waals surface area contributed by atoms with Gasteiger partial charge >= 0.3 is 0 Å². The average Bonchev–Trinajstić information content (AvgIpc) is 2.93. The third-order valence-corrected chi connectivity index (χ3v) is 4.26. The van der Waals surface area contributed by atoms with Crippen molar-refractivity contribution in [1.29, 1.82) is 5.41 Å². The minimum Gasteiger partial charge on any atom is -0.384 e. The summed E-state index contributed by atoms with van der Waals surface area (Å²) in [5.74, 6) is 0.291. The van der Waals surface area contributed by atoms with Crippen molar-refractivity contribution in [2.45, 2.75) is 31.8 Å². The predicted molar refractivity (Wildman–Crippen MR) is 69.0 cm³/mol. The van der Waals surface area contributed by atoms with Crippen LogP contribution in [-0.2, 0) is 6.54 Å². The quantitative estimate of drug-likeness (QED) is 0.635. The summed E-state index contributed by atoms with van der Waals surface area (Å²) in [6.07, 6.45) is 3.85. The Labute approximate surface area is 106 Å². The molecule has 0 amide bonds. The number of nitrogen functional groups attached to an aromatic ring is 1. The smallest absolute Gasteiger partial charge is 0.138 e. The predicted octanol–water partition coefficient (Wildman–Crippen LogP) is 2.09. The molecule has 4 heteroatoms. The molecule has 0 aromatic heterocycles. The van der Waals surface area contributed by atoms with Gasteiger partial charge < -0.3 is 5.73 Å². The lowest BCUT2D eigenvalue weighted by molar-refractivity contribution is 0.203. The van der Waals surface area contributed by atoms with Crippen molar-refractivity contribution in [2.75, 3.05) is 6.54 Å². The molecule has 2 bridgehead atoms. The van der Waals surface area contributed by atoms with Crippen molar-refractivity contribution in [3.63, 3.8) is 0 Å². The molecule has 1 aliphatic carbocycles. The van der Waals surface area contributed by atoms with Crippen LogP contribution in [0.2, 0.25) is 0 Å². The Balaban J connectivity index is 1.81. The monoisotopic (exact) mass is 247 g/mol. The van der Waals surface area contributed by atoms with Gasteiger partial charge in [0.05, 0.1) is 5.56 Å². The highest BCUT2D eigenvalue weighted by molar-refractivity contribution is 5.95. The van der Waals surface area contributed by atoms with Gasteiger partial charge in [-0.2, -0.15) is 0 Å². The van der Waals surface area contributed by atoms with Crippen molar-refractivity contribution in [2.24, 2.45) is 11.7 Å². The van der Waals surface area contributed by atoms with Crippen LogP contribution in [0.5, 0.6) is 0 Å². The molecule has 96 valence electrons. The fraction of sp³-hybridized carbons (Fsp3) is 0.500. The summed E-state index contributed by atoms with van der Waals surface area (Å²) in [6, 6.07) is 5.78. The van der Waals surface area contributed by atoms with E-state index in [9.17, 15) is 4.39 Å². The van der Waals surface area contributed by atoms with Crippen LogP contribution in [0, 0.1) is 17.1 Å². The fourth-order valence-electron chi connectivity index (χ4n) is 3.35. The number of amidine groups is 1. The molecule has 2 aliphatic rings. The SMILES string of the molecule is N=C(N)c1cccc(CN2CC3CCC2C3)c1F. The van der Waals surface area contributed by atoms with Crippen molar-refractivity contribution < 1.29 is 4.39 Å². The molecule has 3 nitrogen and oxygen atoms in total. The Morgan fingerprint density at radius 3 is 2.89 bits per heavy atom. The first-order valence-electron chi connectivity index (χ1n) is 6.51. The van der Waals surface area contributed by atoms with E-state index < -0.39 is 0 Å². The number of hydrogen-bond donors (Lipinski definition) is 2. The number of hydrogen-bond acceptors (Lipinski definition) is 2. The third-order valence-electron chi connectivity index (χ3n) is 4.26. The Kier molecular flexibility index (Phi) is 2.82. The van der Waals surface area contributed by atoms with Crippen molar-refractivity contribution >= 4 is 5.84 Å². The van der Waals surface area contributed by atoms with E-state index in [1.54, 1.807) is 18.2 Å². The Morgan fingerprint density at radius 2 is 2.28 bits per heavy atom. The van der Waals surface area contributed by atoms with Gasteiger partial charge in [0.15, 0.2) is 0 Å². The lowest BCUT2D eigenvalue weighted by atomic mass is 10.1. The van der Waals surface area contributed by atoms with Crippen LogP contribution >= 0.6 is 0 Å². The van der Waals surface area contributed by atoms with Gasteiger partial charge in [-0.3, -0.25) is 10.3 Å². The molecule has 3 rings (SSSR count). The normalized spacial score (nSPS) is 26.7. The minimum atomic E-state index is -0.326. The second-order valence-electron chi connectivity index (χ2n) is 5.45. The van der Waals surface area contributed by atoms with Gasteiger partial charge in [-0.15, -0.1) is 0 Å². The van der Waals surface area contributed by atoms with E-state index >= 15 is 0 Å². The van der Waals surface area contributed by atoms with E-state index in [0.717, 1.165) is 12.5 Å². The van der Waals surface area contributed by atoms with Gasteiger partial charge in [0, 0.05) is 24.7 Å². The maximum Gasteiger partial charge on any atom is 0.138 e. The second-order valence-corrected chi connectivity index (χ2v) is 5.45. The van der Waals surface area contributed by atoms with Crippen LogP contribution in [0.3, 0.4) is 0 Å². The summed E-state index contributed by atoms with van der Waals surface area (Å²) in [7, 11) is 0. The van der Waals surface area contributed by atoms with E-state index in [0.29, 0.717) is 18.2 Å². The maximum absolute atomic E-state index is 14.2. The number of nitrogens with two attached hydrogens (primary N) is 1. The van der Waals surface area contributed by atoms with E-state index in [1.807, 2.05) is 0 Å². The van der Waals surface area contributed by atoms with Crippen molar-refractivity contribution in [1.82, 2.24) is 4.90 Å². The molecule has 1 saturated carbocycles. The van der Waals surface area contributed by atoms with Crippen LogP contribution in [0.15, 0.2) is 18.2 Å². The van der Waals surface area contributed by atoms with Gasteiger partial charge in [0.1, 0.15) is 11.7 Å². The highest BCUT2D eigenvalue weighted by Crippen LogP contribution is 2.38. The van der Waals surface area contributed by atoms with Crippen LogP contribution in [0.25, 0.3) is 0 Å². The maximum atomic E-state index is 14.2. The number of benzene rings is 1. The van der Waals surface area contributed by atoms with Gasteiger partial charge in [-0.05, 0) is 31.2 Å². The molecule has 3 N–H and O–H groups in total. The Hall–Kier alpha value is -1.42. The zero-order valence-electron chi connectivity index (χ0n) is 10.3. The first kappa shape index (κ1) is 11.7. The molecule has 2 atom stereocenters. The van der Waals surface area contributed by atoms with Crippen LogP contribution in [-0.4, -0.2) is 23.3 Å². The molecule has 1 aromatic carbocycles. The first-order chi connectivity index (χ1) is 8.65. The number of rotatable bonds is 3. The Bertz CT molecular complexity index is 486. The van der Waals surface area contributed by atoms with E-state index in [4.69, 9.17) is 11.1 Å². The van der Waals surface area contributed by atoms with Gasteiger partial charge in [0.25, 0.3) is 0 Å². The summed E-state index contributed by atoms with van der Waals surface area (Å²) >= 11 is 0. The third kappa shape index (κ3) is 1.90. The van der Waals surface area contributed by atoms with Crippen LogP contribution in [0.4, 0.5) is 4.39 Å². The van der Waals surface area contributed by atoms with E-state index in [-0.39, 0.29) is 17.2 Å². The molecule has 0 spiro atoms.